The first-order chi connectivity index (χ1) is 9.49. The summed E-state index contributed by atoms with van der Waals surface area (Å²) in [7, 11) is 0. The van der Waals surface area contributed by atoms with E-state index in [1.54, 1.807) is 9.47 Å². The summed E-state index contributed by atoms with van der Waals surface area (Å²) in [5.41, 5.74) is 7.65. The Morgan fingerprint density at radius 3 is 2.70 bits per heavy atom. The van der Waals surface area contributed by atoms with Gasteiger partial charge in [0.15, 0.2) is 0 Å². The van der Waals surface area contributed by atoms with E-state index in [1.165, 1.54) is 0 Å². The Hall–Kier alpha value is -1.56. The van der Waals surface area contributed by atoms with Gasteiger partial charge in [-0.05, 0) is 39.0 Å². The van der Waals surface area contributed by atoms with Gasteiger partial charge < -0.3 is 10.6 Å². The number of nitrogen functional groups attached to an aromatic ring is 1. The molecule has 1 unspecified atom stereocenters. The lowest BCUT2D eigenvalue weighted by atomic mass is 10.2. The predicted octanol–water partition coefficient (Wildman–Crippen LogP) is 2.81. The minimum atomic E-state index is -0.366. The zero-order valence-electron chi connectivity index (χ0n) is 11.9. The molecule has 1 aromatic carbocycles. The Balaban J connectivity index is 2.48. The fraction of sp³-hybridized carbons (Fsp3) is 0.429. The van der Waals surface area contributed by atoms with Crippen molar-refractivity contribution in [3.05, 3.63) is 22.7 Å². The number of hydrogen-bond donors (Lipinski definition) is 1. The second-order valence-electron chi connectivity index (χ2n) is 4.66. The lowest BCUT2D eigenvalue weighted by Crippen LogP contribution is -2.36. The maximum Gasteiger partial charge on any atom is 0.245 e. The van der Waals surface area contributed by atoms with Crippen LogP contribution in [-0.2, 0) is 4.79 Å². The highest BCUT2D eigenvalue weighted by Crippen LogP contribution is 2.26. The molecule has 1 heterocycles. The number of amides is 1. The van der Waals surface area contributed by atoms with E-state index in [0.717, 1.165) is 15.5 Å². The van der Waals surface area contributed by atoms with Crippen LogP contribution in [0, 0.1) is 0 Å². The molecule has 0 spiro atoms. The van der Waals surface area contributed by atoms with Gasteiger partial charge in [0.2, 0.25) is 11.9 Å². The predicted molar refractivity (Wildman–Crippen MR) is 84.5 cm³/mol. The summed E-state index contributed by atoms with van der Waals surface area (Å²) in [6.45, 7) is 7.19. The largest absolute Gasteiger partial charge is 0.369 e. The molecule has 0 fully saturated rings. The van der Waals surface area contributed by atoms with E-state index in [0.29, 0.717) is 19.0 Å². The van der Waals surface area contributed by atoms with Gasteiger partial charge in [-0.15, -0.1) is 0 Å². The molecule has 0 saturated heterocycles. The van der Waals surface area contributed by atoms with Gasteiger partial charge in [-0.1, -0.05) is 15.9 Å². The highest BCUT2D eigenvalue weighted by Gasteiger charge is 2.23. The lowest BCUT2D eigenvalue weighted by Gasteiger charge is -2.24. The average Bonchev–Trinajstić information content (AvgIpc) is 2.74. The Bertz CT molecular complexity index is 633. The third-order valence-electron chi connectivity index (χ3n) is 3.50. The maximum atomic E-state index is 12.5. The highest BCUT2D eigenvalue weighted by atomic mass is 79.9. The number of nitrogens with two attached hydrogens (primary N) is 1. The number of nitrogens with zero attached hydrogens (tertiary/aromatic N) is 3. The van der Waals surface area contributed by atoms with Crippen LogP contribution in [0.3, 0.4) is 0 Å². The first kappa shape index (κ1) is 14.8. The van der Waals surface area contributed by atoms with Crippen molar-refractivity contribution in [3.8, 4) is 0 Å². The van der Waals surface area contributed by atoms with E-state index in [4.69, 9.17) is 5.73 Å². The van der Waals surface area contributed by atoms with Gasteiger partial charge in [-0.25, -0.2) is 4.98 Å². The summed E-state index contributed by atoms with van der Waals surface area (Å²) in [5.74, 6) is 0.423. The van der Waals surface area contributed by atoms with Crippen molar-refractivity contribution in [1.82, 2.24) is 14.5 Å². The van der Waals surface area contributed by atoms with Crippen molar-refractivity contribution in [3.63, 3.8) is 0 Å². The summed E-state index contributed by atoms with van der Waals surface area (Å²) in [6, 6.07) is 5.37. The van der Waals surface area contributed by atoms with Gasteiger partial charge in [-0.2, -0.15) is 0 Å². The Morgan fingerprint density at radius 1 is 1.45 bits per heavy atom. The molecule has 1 atom stereocenters. The van der Waals surface area contributed by atoms with E-state index in [9.17, 15) is 4.79 Å². The fourth-order valence-electron chi connectivity index (χ4n) is 2.40. The van der Waals surface area contributed by atoms with Gasteiger partial charge in [0.05, 0.1) is 11.0 Å². The van der Waals surface area contributed by atoms with Crippen molar-refractivity contribution >= 4 is 38.8 Å². The molecule has 0 bridgehead atoms. The highest BCUT2D eigenvalue weighted by molar-refractivity contribution is 9.10. The molecule has 108 valence electrons. The molecular formula is C14H19BrN4O. The Kier molecular flexibility index (Phi) is 4.32. The fourth-order valence-corrected chi connectivity index (χ4v) is 2.75. The number of carbonyl (C=O) groups excluding carboxylic acids is 1. The second kappa shape index (κ2) is 5.83. The maximum absolute atomic E-state index is 12.5. The summed E-state index contributed by atoms with van der Waals surface area (Å²) in [6.07, 6.45) is 0. The monoisotopic (exact) mass is 338 g/mol. The van der Waals surface area contributed by atoms with E-state index in [2.05, 4.69) is 20.9 Å². The minimum absolute atomic E-state index is 0.0565. The second-order valence-corrected chi connectivity index (χ2v) is 5.58. The Morgan fingerprint density at radius 2 is 2.10 bits per heavy atom. The van der Waals surface area contributed by atoms with Crippen LogP contribution in [0.2, 0.25) is 0 Å². The smallest absolute Gasteiger partial charge is 0.245 e. The third kappa shape index (κ3) is 2.52. The summed E-state index contributed by atoms with van der Waals surface area (Å²) < 4.78 is 2.73. The first-order valence-electron chi connectivity index (χ1n) is 6.71. The molecule has 0 aliphatic rings. The van der Waals surface area contributed by atoms with Crippen molar-refractivity contribution < 1.29 is 4.79 Å². The molecule has 0 aliphatic heterocycles. The lowest BCUT2D eigenvalue weighted by molar-refractivity contribution is -0.133. The number of halogens is 1. The summed E-state index contributed by atoms with van der Waals surface area (Å²) >= 11 is 3.44. The van der Waals surface area contributed by atoms with Gasteiger partial charge in [0.25, 0.3) is 0 Å². The SMILES string of the molecule is CCN(CC)C(=O)C(C)n1c(N)nc2ccc(Br)cc21. The van der Waals surface area contributed by atoms with Crippen LogP contribution in [0.4, 0.5) is 5.95 Å². The van der Waals surface area contributed by atoms with E-state index < -0.39 is 0 Å². The van der Waals surface area contributed by atoms with Crippen molar-refractivity contribution in [2.75, 3.05) is 18.8 Å². The number of anilines is 1. The third-order valence-corrected chi connectivity index (χ3v) is 3.99. The number of benzene rings is 1. The van der Waals surface area contributed by atoms with Crippen LogP contribution in [-0.4, -0.2) is 33.4 Å². The molecular weight excluding hydrogens is 320 g/mol. The summed E-state index contributed by atoms with van der Waals surface area (Å²) in [4.78, 5) is 18.6. The van der Waals surface area contributed by atoms with Crippen LogP contribution in [0.5, 0.6) is 0 Å². The first-order valence-corrected chi connectivity index (χ1v) is 7.50. The zero-order valence-corrected chi connectivity index (χ0v) is 13.5. The molecule has 1 amide bonds. The molecule has 2 rings (SSSR count). The molecule has 0 saturated carbocycles. The number of fused-ring (bicyclic) bond motifs is 1. The molecule has 1 aromatic heterocycles. The number of imidazole rings is 1. The number of hydrogen-bond acceptors (Lipinski definition) is 3. The normalized spacial score (nSPS) is 12.6. The van der Waals surface area contributed by atoms with Crippen molar-refractivity contribution in [2.24, 2.45) is 0 Å². The van der Waals surface area contributed by atoms with Crippen molar-refractivity contribution in [2.45, 2.75) is 26.8 Å². The molecule has 5 nitrogen and oxygen atoms in total. The van der Waals surface area contributed by atoms with Crippen molar-refractivity contribution in [1.29, 1.82) is 0 Å². The molecule has 20 heavy (non-hydrogen) atoms. The topological polar surface area (TPSA) is 64.2 Å². The van der Waals surface area contributed by atoms with E-state index in [1.807, 2.05) is 39.0 Å². The van der Waals surface area contributed by atoms with Crippen LogP contribution in [0.15, 0.2) is 22.7 Å². The Labute approximate surface area is 126 Å². The molecule has 0 aliphatic carbocycles. The minimum Gasteiger partial charge on any atom is -0.369 e. The van der Waals surface area contributed by atoms with E-state index >= 15 is 0 Å². The molecule has 6 heteroatoms. The summed E-state index contributed by atoms with van der Waals surface area (Å²) in [5, 5.41) is 0. The quantitative estimate of drug-likeness (QED) is 0.932. The van der Waals surface area contributed by atoms with Gasteiger partial charge in [0, 0.05) is 17.6 Å². The number of aromatic nitrogens is 2. The molecule has 2 aromatic rings. The number of rotatable bonds is 4. The van der Waals surface area contributed by atoms with Gasteiger partial charge >= 0.3 is 0 Å². The average molecular weight is 339 g/mol. The van der Waals surface area contributed by atoms with Crippen LogP contribution in [0.1, 0.15) is 26.8 Å². The standard InChI is InChI=1S/C14H19BrN4O/c1-4-18(5-2)13(20)9(3)19-12-8-10(15)6-7-11(12)17-14(19)16/h6-9H,4-5H2,1-3H3,(H2,16,17). The van der Waals surface area contributed by atoms with Crippen LogP contribution < -0.4 is 5.73 Å². The van der Waals surface area contributed by atoms with Gasteiger partial charge in [0.1, 0.15) is 6.04 Å². The molecule has 0 radical (unpaired) electrons. The van der Waals surface area contributed by atoms with Crippen LogP contribution >= 0.6 is 15.9 Å². The molecule has 2 N–H and O–H groups in total. The van der Waals surface area contributed by atoms with Crippen LogP contribution in [0.25, 0.3) is 11.0 Å². The number of carbonyl (C=O) groups is 1. The van der Waals surface area contributed by atoms with Gasteiger partial charge in [-0.3, -0.25) is 9.36 Å². The zero-order chi connectivity index (χ0) is 14.9. The number of likely N-dealkylation sites (N-methyl/N-ethyl adjacent to an activating group) is 1. The van der Waals surface area contributed by atoms with E-state index in [-0.39, 0.29) is 11.9 Å².